The van der Waals surface area contributed by atoms with Crippen molar-refractivity contribution in [3.8, 4) is 0 Å². The minimum atomic E-state index is -0.578. The fourth-order valence-corrected chi connectivity index (χ4v) is 1.30. The highest BCUT2D eigenvalue weighted by Crippen LogP contribution is 2.24. The van der Waals surface area contributed by atoms with Gasteiger partial charge >= 0.3 is 5.69 Å². The first-order valence-corrected chi connectivity index (χ1v) is 3.93. The van der Waals surface area contributed by atoms with E-state index in [0.29, 0.717) is 5.56 Å². The van der Waals surface area contributed by atoms with Crippen molar-refractivity contribution in [2.24, 2.45) is 0 Å². The molecule has 0 atom stereocenters. The van der Waals surface area contributed by atoms with Crippen molar-refractivity contribution in [1.29, 1.82) is 0 Å². The van der Waals surface area contributed by atoms with Gasteiger partial charge in [0.2, 0.25) is 0 Å². The first-order chi connectivity index (χ1) is 5.52. The van der Waals surface area contributed by atoms with E-state index >= 15 is 0 Å². The topological polar surface area (TPSA) is 40.3 Å². The molecular formula is C7H6BrFNO2+. The van der Waals surface area contributed by atoms with Crippen molar-refractivity contribution in [2.45, 2.75) is 6.92 Å². The molecule has 0 aliphatic carbocycles. The van der Waals surface area contributed by atoms with Crippen molar-refractivity contribution in [1.82, 2.24) is 0 Å². The van der Waals surface area contributed by atoms with Crippen LogP contribution in [0.5, 0.6) is 0 Å². The highest BCUT2D eigenvalue weighted by Gasteiger charge is 2.18. The van der Waals surface area contributed by atoms with Gasteiger partial charge in [-0.2, -0.15) is 0 Å². The van der Waals surface area contributed by atoms with Gasteiger partial charge in [-0.3, -0.25) is 0 Å². The fourth-order valence-electron chi connectivity index (χ4n) is 0.842. The summed E-state index contributed by atoms with van der Waals surface area (Å²) in [5, 5.41) is 8.52. The number of aryl methyl sites for hydroxylation is 1. The number of nitrogens with zero attached hydrogens (tertiary/aromatic N) is 1. The van der Waals surface area contributed by atoms with E-state index in [0.717, 1.165) is 6.07 Å². The molecule has 0 aromatic heterocycles. The van der Waals surface area contributed by atoms with Gasteiger partial charge in [0.15, 0.2) is 0 Å². The first-order valence-electron chi connectivity index (χ1n) is 3.14. The Morgan fingerprint density at radius 3 is 2.67 bits per heavy atom. The van der Waals surface area contributed by atoms with Crippen LogP contribution in [0.3, 0.4) is 0 Å². The van der Waals surface area contributed by atoms with E-state index in [1.54, 1.807) is 6.92 Å². The Labute approximate surface area is 76.5 Å². The van der Waals surface area contributed by atoms with Gasteiger partial charge in [0.25, 0.3) is 4.92 Å². The molecular weight excluding hydrogens is 229 g/mol. The monoisotopic (exact) mass is 234 g/mol. The van der Waals surface area contributed by atoms with Crippen LogP contribution < -0.4 is 0 Å². The van der Waals surface area contributed by atoms with Crippen LogP contribution in [0.15, 0.2) is 16.6 Å². The van der Waals surface area contributed by atoms with Crippen molar-refractivity contribution >= 4 is 21.6 Å². The molecule has 1 N–H and O–H groups in total. The van der Waals surface area contributed by atoms with E-state index in [-0.39, 0.29) is 15.1 Å². The maximum absolute atomic E-state index is 12.8. The summed E-state index contributed by atoms with van der Waals surface area (Å²) >= 11 is 2.95. The third kappa shape index (κ3) is 1.61. The molecule has 0 spiro atoms. The molecule has 3 nitrogen and oxygen atoms in total. The van der Waals surface area contributed by atoms with Crippen LogP contribution in [0.2, 0.25) is 0 Å². The molecule has 1 aromatic carbocycles. The fraction of sp³-hybridized carbons (Fsp3) is 0.143. The third-order valence-corrected chi connectivity index (χ3v) is 2.05. The number of hydrogen-bond donors (Lipinski definition) is 1. The van der Waals surface area contributed by atoms with Gasteiger partial charge in [0, 0.05) is 5.56 Å². The first kappa shape index (κ1) is 9.12. The molecule has 0 saturated heterocycles. The van der Waals surface area contributed by atoms with Crippen LogP contribution in [0.1, 0.15) is 5.56 Å². The normalized spacial score (nSPS) is 9.92. The predicted octanol–water partition coefficient (Wildman–Crippen LogP) is 2.70. The van der Waals surface area contributed by atoms with E-state index in [1.165, 1.54) is 6.07 Å². The summed E-state index contributed by atoms with van der Waals surface area (Å²) < 4.78 is 13.1. The average molecular weight is 235 g/mol. The van der Waals surface area contributed by atoms with Crippen LogP contribution in [0, 0.1) is 17.6 Å². The Balaban J connectivity index is 3.33. The lowest BCUT2D eigenvalue weighted by Crippen LogP contribution is -1.96. The summed E-state index contributed by atoms with van der Waals surface area (Å²) in [6, 6.07) is 2.39. The molecule has 0 aliphatic heterocycles. The Morgan fingerprint density at radius 1 is 1.58 bits per heavy atom. The quantitative estimate of drug-likeness (QED) is 0.760. The molecule has 1 aromatic rings. The summed E-state index contributed by atoms with van der Waals surface area (Å²) in [6.45, 7) is 1.60. The summed E-state index contributed by atoms with van der Waals surface area (Å²) in [5.41, 5.74) is 0.413. The van der Waals surface area contributed by atoms with Crippen molar-refractivity contribution in [2.75, 3.05) is 0 Å². The van der Waals surface area contributed by atoms with Crippen LogP contribution in [-0.2, 0) is 0 Å². The van der Waals surface area contributed by atoms with E-state index in [9.17, 15) is 9.30 Å². The molecule has 0 fully saturated rings. The largest absolute Gasteiger partial charge is 0.322 e. The van der Waals surface area contributed by atoms with Crippen molar-refractivity contribution < 1.29 is 14.5 Å². The summed E-state index contributed by atoms with van der Waals surface area (Å²) in [6.07, 6.45) is 0. The SMILES string of the molecule is Cc1cc(Br)c(F)cc1[N+](=O)O. The van der Waals surface area contributed by atoms with E-state index in [2.05, 4.69) is 15.9 Å². The maximum Gasteiger partial charge on any atom is 0.322 e. The molecule has 0 saturated carbocycles. The smallest absolute Gasteiger partial charge is 0.241 e. The lowest BCUT2D eigenvalue weighted by Gasteiger charge is -1.95. The van der Waals surface area contributed by atoms with Crippen LogP contribution >= 0.6 is 15.9 Å². The van der Waals surface area contributed by atoms with E-state index < -0.39 is 5.82 Å². The van der Waals surface area contributed by atoms with Gasteiger partial charge in [-0.15, -0.1) is 0 Å². The molecule has 64 valence electrons. The average Bonchev–Trinajstić information content (AvgIpc) is 1.96. The molecule has 0 bridgehead atoms. The Morgan fingerprint density at radius 2 is 2.17 bits per heavy atom. The summed E-state index contributed by atoms with van der Waals surface area (Å²) in [7, 11) is 0. The number of benzene rings is 1. The number of halogens is 2. The summed E-state index contributed by atoms with van der Waals surface area (Å²) in [4.78, 5) is 10.1. The van der Waals surface area contributed by atoms with Crippen LogP contribution in [0.4, 0.5) is 10.1 Å². The maximum atomic E-state index is 12.8. The standard InChI is InChI=1S/C7H6BrFNO2/c1-4-2-5(8)6(9)3-7(4)10(11)12/h2-3H,1H3,(H,11,12)/q+1. The molecule has 0 heterocycles. The van der Waals surface area contributed by atoms with Gasteiger partial charge in [-0.05, 0) is 28.9 Å². The van der Waals surface area contributed by atoms with Gasteiger partial charge in [-0.25, -0.2) is 9.60 Å². The highest BCUT2D eigenvalue weighted by molar-refractivity contribution is 9.10. The molecule has 0 radical (unpaired) electrons. The predicted molar refractivity (Wildman–Crippen MR) is 43.9 cm³/mol. The van der Waals surface area contributed by atoms with E-state index in [4.69, 9.17) is 5.21 Å². The minimum absolute atomic E-state index is 0.0873. The molecule has 12 heavy (non-hydrogen) atoms. The second-order valence-electron chi connectivity index (χ2n) is 2.33. The Kier molecular flexibility index (Phi) is 2.42. The van der Waals surface area contributed by atoms with E-state index in [1.807, 2.05) is 0 Å². The molecule has 0 amide bonds. The van der Waals surface area contributed by atoms with Crippen LogP contribution in [0.25, 0.3) is 0 Å². The zero-order valence-electron chi connectivity index (χ0n) is 6.21. The Bertz CT molecular complexity index is 340. The zero-order chi connectivity index (χ0) is 9.30. The van der Waals surface area contributed by atoms with Crippen molar-refractivity contribution in [3.05, 3.63) is 32.9 Å². The molecule has 0 aliphatic rings. The molecule has 5 heteroatoms. The van der Waals surface area contributed by atoms with Gasteiger partial charge < -0.3 is 0 Å². The lowest BCUT2D eigenvalue weighted by atomic mass is 10.2. The summed E-state index contributed by atoms with van der Waals surface area (Å²) in [5.74, 6) is -0.578. The van der Waals surface area contributed by atoms with Gasteiger partial charge in [0.1, 0.15) is 5.82 Å². The number of rotatable bonds is 1. The second-order valence-corrected chi connectivity index (χ2v) is 3.18. The minimum Gasteiger partial charge on any atom is -0.241 e. The Hall–Kier alpha value is -0.970. The second kappa shape index (κ2) is 3.18. The molecule has 1 rings (SSSR count). The van der Waals surface area contributed by atoms with Crippen molar-refractivity contribution in [3.63, 3.8) is 0 Å². The third-order valence-electron chi connectivity index (χ3n) is 1.44. The van der Waals surface area contributed by atoms with Gasteiger partial charge in [-0.1, -0.05) is 0 Å². The van der Waals surface area contributed by atoms with Crippen LogP contribution in [-0.4, -0.2) is 10.1 Å². The lowest BCUT2D eigenvalue weighted by molar-refractivity contribution is -0.730. The molecule has 0 unspecified atom stereocenters. The number of hydrogen-bond acceptors (Lipinski definition) is 1. The highest BCUT2D eigenvalue weighted by atomic mass is 79.9. The zero-order valence-corrected chi connectivity index (χ0v) is 7.80. The van der Waals surface area contributed by atoms with Gasteiger partial charge in [0.05, 0.1) is 15.4 Å².